The molecule has 4 aromatic rings. The molecule has 0 amide bonds. The lowest BCUT2D eigenvalue weighted by Crippen LogP contribution is -2.23. The highest BCUT2D eigenvalue weighted by molar-refractivity contribution is 5.89. The lowest BCUT2D eigenvalue weighted by atomic mass is 9.90. The number of benzene rings is 3. The number of rotatable bonds is 9. The van der Waals surface area contributed by atoms with Crippen molar-refractivity contribution < 1.29 is 18.7 Å². The van der Waals surface area contributed by atoms with Crippen LogP contribution in [0.3, 0.4) is 0 Å². The molecule has 2 N–H and O–H groups in total. The van der Waals surface area contributed by atoms with Gasteiger partial charge in [-0.15, -0.1) is 0 Å². The van der Waals surface area contributed by atoms with Crippen LogP contribution in [-0.2, 0) is 33.8 Å². The predicted molar refractivity (Wildman–Crippen MR) is 129 cm³/mol. The number of Topliss-reactive ketones (excluding diaryl/α,β-unsaturated/α-hetero) is 1. The van der Waals surface area contributed by atoms with E-state index in [1.54, 1.807) is 24.5 Å². The van der Waals surface area contributed by atoms with Crippen LogP contribution in [0.2, 0.25) is 0 Å². The van der Waals surface area contributed by atoms with Gasteiger partial charge in [0.2, 0.25) is 0 Å². The third kappa shape index (κ3) is 5.71. The van der Waals surface area contributed by atoms with E-state index in [1.165, 1.54) is 6.07 Å². The van der Waals surface area contributed by atoms with Crippen molar-refractivity contribution >= 4 is 22.5 Å². The summed E-state index contributed by atoms with van der Waals surface area (Å²) < 4.78 is 20.0. The Hall–Kier alpha value is -3.90. The van der Waals surface area contributed by atoms with E-state index in [9.17, 15) is 14.0 Å². The average molecular weight is 457 g/mol. The van der Waals surface area contributed by atoms with Crippen molar-refractivity contribution in [3.05, 3.63) is 113 Å². The van der Waals surface area contributed by atoms with Crippen molar-refractivity contribution in [1.29, 1.82) is 0 Å². The summed E-state index contributed by atoms with van der Waals surface area (Å²) in [6.07, 6.45) is 3.79. The number of halogens is 1. The fourth-order valence-electron chi connectivity index (χ4n) is 3.89. The Bertz CT molecular complexity index is 1310. The van der Waals surface area contributed by atoms with Gasteiger partial charge in [-0.05, 0) is 34.2 Å². The summed E-state index contributed by atoms with van der Waals surface area (Å²) in [6, 6.07) is 21.4. The summed E-state index contributed by atoms with van der Waals surface area (Å²) in [5.41, 5.74) is 8.34. The zero-order chi connectivity index (χ0) is 23.9. The molecular formula is C28H25FN2O3. The second kappa shape index (κ2) is 10.8. The van der Waals surface area contributed by atoms with Gasteiger partial charge in [0, 0.05) is 36.3 Å². The third-order valence-corrected chi connectivity index (χ3v) is 5.77. The second-order valence-electron chi connectivity index (χ2n) is 8.16. The maximum atomic E-state index is 14.7. The molecule has 0 bridgehead atoms. The molecular weight excluding hydrogens is 431 g/mol. The first-order valence-corrected chi connectivity index (χ1v) is 11.1. The van der Waals surface area contributed by atoms with Crippen LogP contribution in [0.4, 0.5) is 4.39 Å². The highest BCUT2D eigenvalue weighted by Gasteiger charge is 2.21. The maximum Gasteiger partial charge on any atom is 0.310 e. The lowest BCUT2D eigenvalue weighted by Gasteiger charge is -2.16. The SMILES string of the molecule is NCC(C(=O)Cc1ccc2cnccc2c1)c1ccc(COC(=O)Cc2ccccc2)c(F)c1. The first kappa shape index (κ1) is 23.3. The standard InChI is InChI=1S/C28H25FN2O3/c29-26-15-22(8-9-24(26)18-34-28(33)14-19-4-2-1-3-5-19)25(16-30)27(32)13-20-6-7-23-17-31-11-10-21(23)12-20/h1-12,15,17,25H,13-14,16,18,30H2. The molecule has 4 rings (SSSR count). The Morgan fingerprint density at radius 3 is 2.50 bits per heavy atom. The van der Waals surface area contributed by atoms with Gasteiger partial charge in [-0.1, -0.05) is 60.7 Å². The maximum absolute atomic E-state index is 14.7. The van der Waals surface area contributed by atoms with E-state index in [2.05, 4.69) is 4.98 Å². The van der Waals surface area contributed by atoms with Crippen LogP contribution in [0.25, 0.3) is 10.8 Å². The first-order valence-electron chi connectivity index (χ1n) is 11.1. The number of ether oxygens (including phenoxy) is 1. The van der Waals surface area contributed by atoms with Gasteiger partial charge < -0.3 is 10.5 Å². The molecule has 6 heteroatoms. The summed E-state index contributed by atoms with van der Waals surface area (Å²) >= 11 is 0. The summed E-state index contributed by atoms with van der Waals surface area (Å²) in [4.78, 5) is 29.1. The summed E-state index contributed by atoms with van der Waals surface area (Å²) in [6.45, 7) is -0.105. The van der Waals surface area contributed by atoms with E-state index >= 15 is 0 Å². The molecule has 0 aliphatic heterocycles. The smallest absolute Gasteiger partial charge is 0.310 e. The lowest BCUT2D eigenvalue weighted by molar-refractivity contribution is -0.144. The van der Waals surface area contributed by atoms with Crippen LogP contribution in [0.1, 0.15) is 28.2 Å². The van der Waals surface area contributed by atoms with Crippen LogP contribution in [0.5, 0.6) is 0 Å². The minimum Gasteiger partial charge on any atom is -0.460 e. The third-order valence-electron chi connectivity index (χ3n) is 5.77. The van der Waals surface area contributed by atoms with Crippen molar-refractivity contribution in [2.45, 2.75) is 25.4 Å². The van der Waals surface area contributed by atoms with Gasteiger partial charge in [0.15, 0.2) is 0 Å². The average Bonchev–Trinajstić information content (AvgIpc) is 2.84. The topological polar surface area (TPSA) is 82.3 Å². The Morgan fingerprint density at radius 2 is 1.74 bits per heavy atom. The number of aromatic nitrogens is 1. The molecule has 0 aliphatic rings. The molecule has 172 valence electrons. The Morgan fingerprint density at radius 1 is 0.912 bits per heavy atom. The number of pyridine rings is 1. The van der Waals surface area contributed by atoms with Crippen LogP contribution in [-0.4, -0.2) is 23.3 Å². The Balaban J connectivity index is 1.40. The van der Waals surface area contributed by atoms with Crippen molar-refractivity contribution in [2.24, 2.45) is 5.73 Å². The number of esters is 1. The van der Waals surface area contributed by atoms with Gasteiger partial charge in [-0.25, -0.2) is 4.39 Å². The van der Waals surface area contributed by atoms with Gasteiger partial charge in [-0.3, -0.25) is 14.6 Å². The van der Waals surface area contributed by atoms with Crippen molar-refractivity contribution in [3.63, 3.8) is 0 Å². The van der Waals surface area contributed by atoms with Crippen molar-refractivity contribution in [3.8, 4) is 0 Å². The van der Waals surface area contributed by atoms with E-state index in [0.29, 0.717) is 5.56 Å². The Kier molecular flexibility index (Phi) is 7.40. The van der Waals surface area contributed by atoms with E-state index < -0.39 is 17.7 Å². The number of nitrogens with zero attached hydrogens (tertiary/aromatic N) is 1. The van der Waals surface area contributed by atoms with Gasteiger partial charge in [0.05, 0.1) is 12.3 Å². The molecule has 1 heterocycles. The number of hydrogen-bond donors (Lipinski definition) is 1. The van der Waals surface area contributed by atoms with E-state index in [1.807, 2.05) is 54.6 Å². The van der Waals surface area contributed by atoms with E-state index in [0.717, 1.165) is 21.9 Å². The molecule has 1 unspecified atom stereocenters. The zero-order valence-electron chi connectivity index (χ0n) is 18.6. The fraction of sp³-hybridized carbons (Fsp3) is 0.179. The molecule has 0 spiro atoms. The number of ketones is 1. The number of nitrogens with two attached hydrogens (primary N) is 1. The fourth-order valence-corrected chi connectivity index (χ4v) is 3.89. The van der Waals surface area contributed by atoms with Crippen LogP contribution >= 0.6 is 0 Å². The van der Waals surface area contributed by atoms with Gasteiger partial charge in [-0.2, -0.15) is 0 Å². The number of hydrogen-bond acceptors (Lipinski definition) is 5. The van der Waals surface area contributed by atoms with Gasteiger partial charge in [0.25, 0.3) is 0 Å². The van der Waals surface area contributed by atoms with Crippen LogP contribution in [0.15, 0.2) is 85.2 Å². The highest BCUT2D eigenvalue weighted by Crippen LogP contribution is 2.23. The van der Waals surface area contributed by atoms with Crippen molar-refractivity contribution in [2.75, 3.05) is 6.54 Å². The monoisotopic (exact) mass is 456 g/mol. The summed E-state index contributed by atoms with van der Waals surface area (Å²) in [7, 11) is 0. The van der Waals surface area contributed by atoms with E-state index in [4.69, 9.17) is 10.5 Å². The van der Waals surface area contributed by atoms with Gasteiger partial charge >= 0.3 is 5.97 Å². The molecule has 0 saturated heterocycles. The van der Waals surface area contributed by atoms with Crippen LogP contribution in [0, 0.1) is 5.82 Å². The minimum atomic E-state index is -0.627. The molecule has 0 aliphatic carbocycles. The molecule has 34 heavy (non-hydrogen) atoms. The number of carbonyl (C=O) groups is 2. The largest absolute Gasteiger partial charge is 0.460 e. The quantitative estimate of drug-likeness (QED) is 0.375. The molecule has 0 saturated carbocycles. The zero-order valence-corrected chi connectivity index (χ0v) is 18.6. The molecule has 0 fully saturated rings. The highest BCUT2D eigenvalue weighted by atomic mass is 19.1. The summed E-state index contributed by atoms with van der Waals surface area (Å²) in [5, 5.41) is 2.00. The molecule has 0 radical (unpaired) electrons. The molecule has 1 aromatic heterocycles. The van der Waals surface area contributed by atoms with E-state index in [-0.39, 0.29) is 37.3 Å². The summed E-state index contributed by atoms with van der Waals surface area (Å²) in [5.74, 6) is -1.68. The normalized spacial score (nSPS) is 11.8. The first-order chi connectivity index (χ1) is 16.5. The number of carbonyl (C=O) groups excluding carboxylic acids is 2. The van der Waals surface area contributed by atoms with Crippen LogP contribution < -0.4 is 5.73 Å². The van der Waals surface area contributed by atoms with Gasteiger partial charge in [0.1, 0.15) is 18.2 Å². The molecule has 3 aromatic carbocycles. The second-order valence-corrected chi connectivity index (χ2v) is 8.16. The molecule has 5 nitrogen and oxygen atoms in total. The molecule has 1 atom stereocenters. The number of fused-ring (bicyclic) bond motifs is 1. The predicted octanol–water partition coefficient (Wildman–Crippen LogP) is 4.51. The van der Waals surface area contributed by atoms with Crippen molar-refractivity contribution in [1.82, 2.24) is 4.98 Å². The minimum absolute atomic E-state index is 0.0706. The Labute approximate surface area is 197 Å².